The Hall–Kier alpha value is -1.85. The van der Waals surface area contributed by atoms with Crippen molar-refractivity contribution in [2.24, 2.45) is 4.99 Å². The number of rotatable bonds is 3. The van der Waals surface area contributed by atoms with Crippen molar-refractivity contribution < 1.29 is 24.2 Å². The molecule has 1 rings (SSSR count). The number of aliphatic hydroxyl groups is 1. The smallest absolute Gasteiger partial charge is 0.343 e. The van der Waals surface area contributed by atoms with E-state index in [1.54, 1.807) is 0 Å². The van der Waals surface area contributed by atoms with Gasteiger partial charge < -0.3 is 14.6 Å². The number of methoxy groups -OCH3 is 2. The minimum Gasteiger partial charge on any atom is -0.512 e. The molecule has 1 unspecified atom stereocenters. The summed E-state index contributed by atoms with van der Waals surface area (Å²) in [6, 6.07) is -0.603. The second kappa shape index (κ2) is 5.47. The second-order valence-corrected chi connectivity index (χ2v) is 3.61. The molecule has 0 fully saturated rings. The molecule has 6 heteroatoms. The lowest BCUT2D eigenvalue weighted by Gasteiger charge is -2.05. The van der Waals surface area contributed by atoms with Gasteiger partial charge in [-0.25, -0.2) is 9.59 Å². The Labute approximate surface area is 98.9 Å². The number of hydrogen-bond acceptors (Lipinski definition) is 6. The van der Waals surface area contributed by atoms with Gasteiger partial charge in [-0.1, -0.05) is 0 Å². The van der Waals surface area contributed by atoms with Crippen LogP contribution in [0.25, 0.3) is 0 Å². The van der Waals surface area contributed by atoms with E-state index >= 15 is 0 Å². The van der Waals surface area contributed by atoms with Crippen molar-refractivity contribution in [2.45, 2.75) is 25.8 Å². The Morgan fingerprint density at radius 2 is 2.00 bits per heavy atom. The molecule has 0 spiro atoms. The monoisotopic (exact) mass is 241 g/mol. The summed E-state index contributed by atoms with van der Waals surface area (Å²) in [5.74, 6) is -1.27. The molecule has 0 bridgehead atoms. The predicted octanol–water partition coefficient (Wildman–Crippen LogP) is 0.768. The number of aliphatic imine (C=N–C) groups is 1. The Balaban J connectivity index is 2.97. The molecule has 1 aliphatic rings. The zero-order valence-corrected chi connectivity index (χ0v) is 10.0. The maximum absolute atomic E-state index is 11.4. The number of allylic oxidation sites excluding steroid dienone is 1. The van der Waals surface area contributed by atoms with Crippen molar-refractivity contribution in [3.63, 3.8) is 0 Å². The minimum absolute atomic E-state index is 0.0268. The number of carbonyl (C=O) groups excluding carboxylic acids is 2. The highest BCUT2D eigenvalue weighted by molar-refractivity contribution is 6.21. The summed E-state index contributed by atoms with van der Waals surface area (Å²) >= 11 is 0. The van der Waals surface area contributed by atoms with Gasteiger partial charge in [-0.2, -0.15) is 0 Å². The Bertz CT molecular complexity index is 393. The molecular formula is C11H15NO5. The van der Waals surface area contributed by atoms with Gasteiger partial charge in [0.2, 0.25) is 0 Å². The molecule has 6 nitrogen and oxygen atoms in total. The van der Waals surface area contributed by atoms with E-state index in [-0.39, 0.29) is 11.3 Å². The summed E-state index contributed by atoms with van der Waals surface area (Å²) in [6.45, 7) is 1.38. The summed E-state index contributed by atoms with van der Waals surface area (Å²) in [5, 5.41) is 9.44. The molecule has 0 aromatic heterocycles. The maximum atomic E-state index is 11.4. The minimum atomic E-state index is -0.658. The maximum Gasteiger partial charge on any atom is 0.343 e. The SMILES string of the molecule is COC(=O)/C(C1=NC(C(=O)OC)CC1)=C(\C)O. The lowest BCUT2D eigenvalue weighted by Crippen LogP contribution is -2.17. The fourth-order valence-corrected chi connectivity index (χ4v) is 1.66. The van der Waals surface area contributed by atoms with E-state index in [2.05, 4.69) is 14.5 Å². The van der Waals surface area contributed by atoms with Crippen LogP contribution in [-0.4, -0.2) is 43.0 Å². The van der Waals surface area contributed by atoms with Gasteiger partial charge >= 0.3 is 11.9 Å². The fourth-order valence-electron chi connectivity index (χ4n) is 1.66. The van der Waals surface area contributed by atoms with Crippen LogP contribution in [0.3, 0.4) is 0 Å². The van der Waals surface area contributed by atoms with Crippen molar-refractivity contribution in [1.82, 2.24) is 0 Å². The highest BCUT2D eigenvalue weighted by Crippen LogP contribution is 2.21. The fraction of sp³-hybridized carbons (Fsp3) is 0.545. The molecule has 1 aliphatic heterocycles. The molecule has 0 aromatic rings. The number of ether oxygens (including phenoxy) is 2. The first-order chi connectivity index (χ1) is 8.01. The quantitative estimate of drug-likeness (QED) is 0.448. The van der Waals surface area contributed by atoms with Crippen LogP contribution in [-0.2, 0) is 19.1 Å². The molecule has 94 valence electrons. The zero-order valence-electron chi connectivity index (χ0n) is 10.0. The van der Waals surface area contributed by atoms with Crippen LogP contribution in [0.4, 0.5) is 0 Å². The largest absolute Gasteiger partial charge is 0.512 e. The molecule has 1 N–H and O–H groups in total. The molecular weight excluding hydrogens is 226 g/mol. The van der Waals surface area contributed by atoms with Gasteiger partial charge in [0.05, 0.1) is 19.9 Å². The van der Waals surface area contributed by atoms with Crippen molar-refractivity contribution in [3.8, 4) is 0 Å². The van der Waals surface area contributed by atoms with Gasteiger partial charge in [-0.05, 0) is 19.8 Å². The lowest BCUT2D eigenvalue weighted by molar-refractivity contribution is -0.142. The first-order valence-corrected chi connectivity index (χ1v) is 5.14. The second-order valence-electron chi connectivity index (χ2n) is 3.61. The van der Waals surface area contributed by atoms with Gasteiger partial charge in [0.25, 0.3) is 0 Å². The van der Waals surface area contributed by atoms with Gasteiger partial charge in [-0.15, -0.1) is 0 Å². The number of hydrogen-bond donors (Lipinski definition) is 1. The number of aliphatic hydroxyl groups excluding tert-OH is 1. The van der Waals surface area contributed by atoms with Crippen molar-refractivity contribution in [1.29, 1.82) is 0 Å². The van der Waals surface area contributed by atoms with Crippen LogP contribution in [0, 0.1) is 0 Å². The first-order valence-electron chi connectivity index (χ1n) is 5.14. The zero-order chi connectivity index (χ0) is 13.0. The average molecular weight is 241 g/mol. The molecule has 0 saturated carbocycles. The van der Waals surface area contributed by atoms with E-state index in [0.717, 1.165) is 0 Å². The molecule has 0 aliphatic carbocycles. The van der Waals surface area contributed by atoms with Gasteiger partial charge in [0, 0.05) is 0 Å². The van der Waals surface area contributed by atoms with Gasteiger partial charge in [0.1, 0.15) is 17.4 Å². The molecule has 0 aromatic carbocycles. The molecule has 0 amide bonds. The van der Waals surface area contributed by atoms with Crippen molar-refractivity contribution in [3.05, 3.63) is 11.3 Å². The van der Waals surface area contributed by atoms with E-state index in [4.69, 9.17) is 0 Å². The molecule has 1 atom stereocenters. The lowest BCUT2D eigenvalue weighted by atomic mass is 10.1. The van der Waals surface area contributed by atoms with Crippen LogP contribution in [0.2, 0.25) is 0 Å². The van der Waals surface area contributed by atoms with Gasteiger partial charge in [0.15, 0.2) is 0 Å². The topological polar surface area (TPSA) is 85.2 Å². The summed E-state index contributed by atoms with van der Waals surface area (Å²) in [5.41, 5.74) is 0.408. The number of carbonyl (C=O) groups is 2. The van der Waals surface area contributed by atoms with E-state index < -0.39 is 18.0 Å². The molecule has 0 saturated heterocycles. The third-order valence-electron chi connectivity index (χ3n) is 2.48. The summed E-state index contributed by atoms with van der Waals surface area (Å²) < 4.78 is 9.12. The Morgan fingerprint density at radius 3 is 2.47 bits per heavy atom. The standard InChI is InChI=1S/C11H15NO5/c1-6(13)9(11(15)17-3)7-4-5-8(12-7)10(14)16-2/h8,13H,4-5H2,1-3H3/b9-6+. The van der Waals surface area contributed by atoms with Crippen LogP contribution >= 0.6 is 0 Å². The van der Waals surface area contributed by atoms with Gasteiger partial charge in [-0.3, -0.25) is 4.99 Å². The van der Waals surface area contributed by atoms with E-state index in [0.29, 0.717) is 18.6 Å². The highest BCUT2D eigenvalue weighted by atomic mass is 16.5. The average Bonchev–Trinajstić information content (AvgIpc) is 2.76. The highest BCUT2D eigenvalue weighted by Gasteiger charge is 2.30. The van der Waals surface area contributed by atoms with Crippen molar-refractivity contribution in [2.75, 3.05) is 14.2 Å². The van der Waals surface area contributed by atoms with Crippen LogP contribution < -0.4 is 0 Å². The number of esters is 2. The van der Waals surface area contributed by atoms with E-state index in [1.165, 1.54) is 21.1 Å². The van der Waals surface area contributed by atoms with Crippen LogP contribution in [0.5, 0.6) is 0 Å². The molecule has 17 heavy (non-hydrogen) atoms. The Morgan fingerprint density at radius 1 is 1.35 bits per heavy atom. The normalized spacial score (nSPS) is 20.4. The Kier molecular flexibility index (Phi) is 4.25. The third kappa shape index (κ3) is 2.83. The summed E-state index contributed by atoms with van der Waals surface area (Å²) in [7, 11) is 2.50. The third-order valence-corrected chi connectivity index (χ3v) is 2.48. The molecule has 1 heterocycles. The first kappa shape index (κ1) is 13.2. The van der Waals surface area contributed by atoms with Crippen LogP contribution in [0.1, 0.15) is 19.8 Å². The summed E-state index contributed by atoms with van der Waals surface area (Å²) in [4.78, 5) is 26.8. The predicted molar refractivity (Wildman–Crippen MR) is 59.8 cm³/mol. The van der Waals surface area contributed by atoms with E-state index in [1.807, 2.05) is 0 Å². The van der Waals surface area contributed by atoms with E-state index in [9.17, 15) is 14.7 Å². The molecule has 0 radical (unpaired) electrons. The number of nitrogens with zero attached hydrogens (tertiary/aromatic N) is 1. The summed E-state index contributed by atoms with van der Waals surface area (Å²) in [6.07, 6.45) is 0.901. The van der Waals surface area contributed by atoms with Crippen LogP contribution in [0.15, 0.2) is 16.3 Å². The van der Waals surface area contributed by atoms with Crippen molar-refractivity contribution >= 4 is 17.7 Å².